The van der Waals surface area contributed by atoms with Gasteiger partial charge in [-0.2, -0.15) is 0 Å². The fourth-order valence-electron chi connectivity index (χ4n) is 7.57. The first kappa shape index (κ1) is 30.4. The molecule has 242 valence electrons. The van der Waals surface area contributed by atoms with Gasteiger partial charge in [0.05, 0.1) is 22.1 Å². The van der Waals surface area contributed by atoms with Crippen LogP contribution in [0.15, 0.2) is 189 Å². The molecule has 0 aliphatic heterocycles. The summed E-state index contributed by atoms with van der Waals surface area (Å²) in [7, 11) is 0. The van der Waals surface area contributed by atoms with Gasteiger partial charge in [-0.3, -0.25) is 4.57 Å². The van der Waals surface area contributed by atoms with Crippen molar-refractivity contribution in [1.29, 1.82) is 0 Å². The molecule has 2 aromatic heterocycles. The van der Waals surface area contributed by atoms with Crippen molar-refractivity contribution >= 4 is 54.4 Å². The van der Waals surface area contributed by atoms with E-state index in [1.54, 1.807) is 6.08 Å². The summed E-state index contributed by atoms with van der Waals surface area (Å²) in [6.07, 6.45) is 1.75. The van der Waals surface area contributed by atoms with Gasteiger partial charge < -0.3 is 4.57 Å². The van der Waals surface area contributed by atoms with Crippen LogP contribution in [0, 0.1) is 0 Å². The summed E-state index contributed by atoms with van der Waals surface area (Å²) >= 11 is 0. The zero-order valence-electron chi connectivity index (χ0n) is 28.4. The summed E-state index contributed by atoms with van der Waals surface area (Å²) in [5, 5.41) is 7.31. The fourth-order valence-corrected chi connectivity index (χ4v) is 7.57. The predicted molar refractivity (Wildman–Crippen MR) is 217 cm³/mol. The van der Waals surface area contributed by atoms with Crippen molar-refractivity contribution in [2.45, 2.75) is 6.92 Å². The molecule has 8 aromatic carbocycles. The van der Waals surface area contributed by atoms with Crippen molar-refractivity contribution in [3.05, 3.63) is 189 Å². The molecule has 0 unspecified atom stereocenters. The number of hydrogen-bond acceptors (Lipinski definition) is 1. The molecular weight excluding hydrogens is 619 g/mol. The summed E-state index contributed by atoms with van der Waals surface area (Å²) < 4.78 is 4.73. The van der Waals surface area contributed by atoms with Crippen molar-refractivity contribution in [3.8, 4) is 33.9 Å². The van der Waals surface area contributed by atoms with Gasteiger partial charge in [-0.1, -0.05) is 140 Å². The molecule has 0 amide bonds. The Bertz CT molecular complexity index is 2880. The SMILES string of the molecule is C=CC.c1ccc(-c2nc3c4ccccc4c4ccccc4c3n2-c2cccc(-c3ccc4c(c3)c3ccccc3n4-c3ccccc3)c2)cc1. The number of fused-ring (bicyclic) bond motifs is 9. The molecule has 0 N–H and O–H groups in total. The second-order valence-electron chi connectivity index (χ2n) is 12.8. The van der Waals surface area contributed by atoms with E-state index in [0.717, 1.165) is 33.7 Å². The van der Waals surface area contributed by atoms with E-state index in [9.17, 15) is 0 Å². The standard InChI is InChI=1S/C45H29N3.C3H6/c1-3-14-30(15-4-1)45-46-43-38-23-9-7-20-35(38)36-21-8-10-24-39(36)44(43)48(45)34-19-13-16-31(28-34)32-26-27-42-40(29-32)37-22-11-12-25-41(37)47(42)33-17-5-2-6-18-33;1-3-2/h1-29H;3H,1H2,2H3. The second-order valence-corrected chi connectivity index (χ2v) is 12.8. The third-order valence-electron chi connectivity index (χ3n) is 9.69. The minimum atomic E-state index is 0.936. The Balaban J connectivity index is 0.00000112. The van der Waals surface area contributed by atoms with Crippen LogP contribution in [-0.2, 0) is 0 Å². The summed E-state index contributed by atoms with van der Waals surface area (Å²) in [6.45, 7) is 5.25. The van der Waals surface area contributed by atoms with Crippen LogP contribution in [0.3, 0.4) is 0 Å². The lowest BCUT2D eigenvalue weighted by Crippen LogP contribution is -1.98. The molecule has 2 heterocycles. The van der Waals surface area contributed by atoms with Crippen molar-refractivity contribution in [2.24, 2.45) is 0 Å². The highest BCUT2D eigenvalue weighted by molar-refractivity contribution is 6.24. The average molecular weight is 654 g/mol. The van der Waals surface area contributed by atoms with E-state index in [4.69, 9.17) is 4.98 Å². The first-order valence-corrected chi connectivity index (χ1v) is 17.4. The number of aromatic nitrogens is 3. The number of benzene rings is 8. The van der Waals surface area contributed by atoms with Crippen molar-refractivity contribution in [2.75, 3.05) is 0 Å². The lowest BCUT2D eigenvalue weighted by atomic mass is 9.99. The average Bonchev–Trinajstić information content (AvgIpc) is 3.76. The van der Waals surface area contributed by atoms with Gasteiger partial charge >= 0.3 is 0 Å². The highest BCUT2D eigenvalue weighted by atomic mass is 15.1. The van der Waals surface area contributed by atoms with Crippen molar-refractivity contribution in [3.63, 3.8) is 0 Å². The Labute approximate surface area is 297 Å². The molecule has 3 nitrogen and oxygen atoms in total. The number of allylic oxidation sites excluding steroid dienone is 1. The van der Waals surface area contributed by atoms with E-state index in [1.165, 1.54) is 54.6 Å². The summed E-state index contributed by atoms with van der Waals surface area (Å²) in [5.74, 6) is 0.936. The minimum absolute atomic E-state index is 0.936. The lowest BCUT2D eigenvalue weighted by Gasteiger charge is -2.14. The normalized spacial score (nSPS) is 11.3. The van der Waals surface area contributed by atoms with Gasteiger partial charge in [0.15, 0.2) is 0 Å². The number of rotatable bonds is 4. The molecule has 10 aromatic rings. The van der Waals surface area contributed by atoms with Gasteiger partial charge in [0.1, 0.15) is 5.82 Å². The van der Waals surface area contributed by atoms with Crippen molar-refractivity contribution in [1.82, 2.24) is 14.1 Å². The zero-order chi connectivity index (χ0) is 34.3. The second kappa shape index (κ2) is 12.6. The first-order chi connectivity index (χ1) is 25.2. The molecule has 0 radical (unpaired) electrons. The van der Waals surface area contributed by atoms with Gasteiger partial charge in [-0.15, -0.1) is 6.58 Å². The summed E-state index contributed by atoms with van der Waals surface area (Å²) in [5.41, 5.74) is 10.2. The van der Waals surface area contributed by atoms with Crippen LogP contribution in [0.1, 0.15) is 6.92 Å². The number of imidazole rings is 1. The lowest BCUT2D eigenvalue weighted by molar-refractivity contribution is 1.11. The minimum Gasteiger partial charge on any atom is -0.309 e. The highest BCUT2D eigenvalue weighted by Crippen LogP contribution is 2.40. The highest BCUT2D eigenvalue weighted by Gasteiger charge is 2.20. The topological polar surface area (TPSA) is 22.8 Å². The van der Waals surface area contributed by atoms with Crippen LogP contribution in [0.4, 0.5) is 0 Å². The molecule has 0 aliphatic carbocycles. The fraction of sp³-hybridized carbons (Fsp3) is 0.0208. The van der Waals surface area contributed by atoms with Crippen LogP contribution < -0.4 is 0 Å². The summed E-state index contributed by atoms with van der Waals surface area (Å²) in [6, 6.07) is 63.0. The molecule has 0 atom stereocenters. The molecule has 0 spiro atoms. The van der Waals surface area contributed by atoms with Crippen LogP contribution in [0.25, 0.3) is 88.3 Å². The molecule has 0 saturated heterocycles. The molecule has 10 rings (SSSR count). The van der Waals surface area contributed by atoms with Gasteiger partial charge in [-0.05, 0) is 71.3 Å². The molecule has 0 bridgehead atoms. The maximum Gasteiger partial charge on any atom is 0.145 e. The van der Waals surface area contributed by atoms with E-state index in [-0.39, 0.29) is 0 Å². The van der Waals surface area contributed by atoms with Gasteiger partial charge in [0.2, 0.25) is 0 Å². The monoisotopic (exact) mass is 653 g/mol. The molecule has 0 aliphatic rings. The number of para-hydroxylation sites is 2. The van der Waals surface area contributed by atoms with E-state index in [2.05, 4.69) is 192 Å². The quantitative estimate of drug-likeness (QED) is 0.137. The van der Waals surface area contributed by atoms with Gasteiger partial charge in [0.25, 0.3) is 0 Å². The van der Waals surface area contributed by atoms with Crippen LogP contribution in [0.5, 0.6) is 0 Å². The van der Waals surface area contributed by atoms with E-state index < -0.39 is 0 Å². The smallest absolute Gasteiger partial charge is 0.145 e. The van der Waals surface area contributed by atoms with Crippen LogP contribution >= 0.6 is 0 Å². The molecular formula is C48H35N3. The molecule has 0 fully saturated rings. The molecule has 0 saturated carbocycles. The van der Waals surface area contributed by atoms with Gasteiger partial charge in [0, 0.05) is 38.5 Å². The van der Waals surface area contributed by atoms with E-state index in [0.29, 0.717) is 0 Å². The number of nitrogens with zero attached hydrogens (tertiary/aromatic N) is 3. The van der Waals surface area contributed by atoms with Crippen molar-refractivity contribution < 1.29 is 0 Å². The zero-order valence-corrected chi connectivity index (χ0v) is 28.4. The molecule has 3 heteroatoms. The van der Waals surface area contributed by atoms with E-state index >= 15 is 0 Å². The summed E-state index contributed by atoms with van der Waals surface area (Å²) in [4.78, 5) is 5.41. The Morgan fingerprint density at radius 2 is 0.961 bits per heavy atom. The maximum atomic E-state index is 5.41. The Hall–Kier alpha value is -6.71. The van der Waals surface area contributed by atoms with Crippen LogP contribution in [0.2, 0.25) is 0 Å². The maximum absolute atomic E-state index is 5.41. The Kier molecular flexibility index (Phi) is 7.52. The molecule has 51 heavy (non-hydrogen) atoms. The van der Waals surface area contributed by atoms with Crippen LogP contribution in [-0.4, -0.2) is 14.1 Å². The Morgan fingerprint density at radius 1 is 0.431 bits per heavy atom. The van der Waals surface area contributed by atoms with Gasteiger partial charge in [-0.25, -0.2) is 4.98 Å². The largest absolute Gasteiger partial charge is 0.309 e. The third-order valence-corrected chi connectivity index (χ3v) is 9.69. The number of hydrogen-bond donors (Lipinski definition) is 0. The predicted octanol–water partition coefficient (Wildman–Crippen LogP) is 13.0. The van der Waals surface area contributed by atoms with E-state index in [1.807, 2.05) is 6.92 Å². The first-order valence-electron chi connectivity index (χ1n) is 17.4. The Morgan fingerprint density at radius 3 is 1.71 bits per heavy atom. The third kappa shape index (κ3) is 5.02.